The van der Waals surface area contributed by atoms with Crippen LogP contribution in [-0.2, 0) is 10.8 Å². The molecule has 7 heteroatoms. The molecule has 2 rings (SSSR count). The van der Waals surface area contributed by atoms with Gasteiger partial charge < -0.3 is 10.6 Å². The third-order valence-corrected chi connectivity index (χ3v) is 8.01. The van der Waals surface area contributed by atoms with Crippen molar-refractivity contribution in [3.63, 3.8) is 0 Å². The van der Waals surface area contributed by atoms with Crippen molar-refractivity contribution in [1.82, 2.24) is 15.5 Å². The summed E-state index contributed by atoms with van der Waals surface area (Å²) >= 11 is 1.75. The van der Waals surface area contributed by atoms with Gasteiger partial charge in [-0.05, 0) is 61.7 Å². The van der Waals surface area contributed by atoms with Crippen LogP contribution in [-0.4, -0.2) is 58.3 Å². The standard InChI is InChI=1S/C21H38N4OS2/c1-5-22-21(24-18-10-9-11-19(14-18)28(26)8-4)23-15-20(25(6-2)7-3)17-12-13-27-16-17/h12-13,16,18-20H,5-11,14-15H2,1-4H3,(H2,22,23,24). The minimum atomic E-state index is -0.699. The summed E-state index contributed by atoms with van der Waals surface area (Å²) in [7, 11) is -0.699. The Morgan fingerprint density at radius 2 is 2.11 bits per heavy atom. The van der Waals surface area contributed by atoms with E-state index in [1.165, 1.54) is 5.56 Å². The summed E-state index contributed by atoms with van der Waals surface area (Å²) in [5.41, 5.74) is 1.35. The van der Waals surface area contributed by atoms with E-state index in [0.29, 0.717) is 17.3 Å². The lowest BCUT2D eigenvalue weighted by molar-refractivity contribution is 0.224. The molecule has 0 spiro atoms. The SMILES string of the molecule is CCNC(=NCC(c1ccsc1)N(CC)CC)NC1CCCC(S(=O)CC)C1. The lowest BCUT2D eigenvalue weighted by Crippen LogP contribution is -2.47. The Bertz CT molecular complexity index is 602. The normalized spacial score (nSPS) is 22.8. The molecule has 5 nitrogen and oxygen atoms in total. The third kappa shape index (κ3) is 6.85. The number of nitrogens with zero attached hydrogens (tertiary/aromatic N) is 2. The molecule has 1 heterocycles. The van der Waals surface area contributed by atoms with E-state index in [1.807, 2.05) is 6.92 Å². The molecular weight excluding hydrogens is 388 g/mol. The van der Waals surface area contributed by atoms with Gasteiger partial charge in [-0.25, -0.2) is 0 Å². The molecule has 1 aliphatic rings. The average molecular weight is 427 g/mol. The highest BCUT2D eigenvalue weighted by molar-refractivity contribution is 7.85. The number of guanidine groups is 1. The van der Waals surface area contributed by atoms with Gasteiger partial charge in [0.15, 0.2) is 5.96 Å². The Morgan fingerprint density at radius 1 is 1.32 bits per heavy atom. The molecule has 28 heavy (non-hydrogen) atoms. The number of thiophene rings is 1. The molecule has 160 valence electrons. The zero-order valence-corrected chi connectivity index (χ0v) is 19.6. The van der Waals surface area contributed by atoms with Crippen molar-refractivity contribution >= 4 is 28.1 Å². The highest BCUT2D eigenvalue weighted by Crippen LogP contribution is 2.24. The van der Waals surface area contributed by atoms with Gasteiger partial charge in [-0.3, -0.25) is 14.1 Å². The van der Waals surface area contributed by atoms with Gasteiger partial charge in [-0.1, -0.05) is 27.2 Å². The molecule has 4 unspecified atom stereocenters. The van der Waals surface area contributed by atoms with E-state index in [-0.39, 0.29) is 0 Å². The summed E-state index contributed by atoms with van der Waals surface area (Å²) in [4.78, 5) is 7.42. The second-order valence-electron chi connectivity index (χ2n) is 7.31. The Kier molecular flexibility index (Phi) is 10.5. The van der Waals surface area contributed by atoms with Crippen LogP contribution >= 0.6 is 11.3 Å². The zero-order chi connectivity index (χ0) is 20.4. The Balaban J connectivity index is 2.06. The van der Waals surface area contributed by atoms with Crippen molar-refractivity contribution in [3.05, 3.63) is 22.4 Å². The predicted octanol–water partition coefficient (Wildman–Crippen LogP) is 3.77. The molecule has 2 N–H and O–H groups in total. The van der Waals surface area contributed by atoms with E-state index in [1.54, 1.807) is 11.3 Å². The molecule has 0 amide bonds. The van der Waals surface area contributed by atoms with Crippen LogP contribution in [0.1, 0.15) is 65.0 Å². The topological polar surface area (TPSA) is 56.7 Å². The monoisotopic (exact) mass is 426 g/mol. The maximum atomic E-state index is 12.2. The van der Waals surface area contributed by atoms with E-state index in [4.69, 9.17) is 4.99 Å². The van der Waals surface area contributed by atoms with E-state index in [0.717, 1.165) is 63.6 Å². The second-order valence-corrected chi connectivity index (χ2v) is 10.1. The van der Waals surface area contributed by atoms with Gasteiger partial charge in [0.25, 0.3) is 0 Å². The van der Waals surface area contributed by atoms with Crippen LogP contribution in [0.15, 0.2) is 21.8 Å². The quantitative estimate of drug-likeness (QED) is 0.442. The highest BCUT2D eigenvalue weighted by Gasteiger charge is 2.26. The smallest absolute Gasteiger partial charge is 0.191 e. The molecule has 0 bridgehead atoms. The first-order valence-electron chi connectivity index (χ1n) is 10.8. The van der Waals surface area contributed by atoms with Crippen molar-refractivity contribution in [2.45, 2.75) is 70.7 Å². The minimum absolute atomic E-state index is 0.309. The van der Waals surface area contributed by atoms with Crippen molar-refractivity contribution in [1.29, 1.82) is 0 Å². The second kappa shape index (κ2) is 12.6. The summed E-state index contributed by atoms with van der Waals surface area (Å²) < 4.78 is 12.2. The van der Waals surface area contributed by atoms with Crippen molar-refractivity contribution in [2.24, 2.45) is 4.99 Å². The molecule has 1 aromatic heterocycles. The van der Waals surface area contributed by atoms with Crippen molar-refractivity contribution in [3.8, 4) is 0 Å². The minimum Gasteiger partial charge on any atom is -0.357 e. The van der Waals surface area contributed by atoms with Gasteiger partial charge >= 0.3 is 0 Å². The molecule has 0 radical (unpaired) electrons. The summed E-state index contributed by atoms with van der Waals surface area (Å²) in [5.74, 6) is 1.65. The highest BCUT2D eigenvalue weighted by atomic mass is 32.2. The summed E-state index contributed by atoms with van der Waals surface area (Å²) in [6.07, 6.45) is 4.35. The molecule has 1 aromatic rings. The largest absolute Gasteiger partial charge is 0.357 e. The van der Waals surface area contributed by atoms with Gasteiger partial charge in [0.05, 0.1) is 12.6 Å². The van der Waals surface area contributed by atoms with Crippen LogP contribution in [0, 0.1) is 0 Å². The maximum absolute atomic E-state index is 12.2. The molecule has 4 atom stereocenters. The fraction of sp³-hybridized carbons (Fsp3) is 0.762. The predicted molar refractivity (Wildman–Crippen MR) is 124 cm³/mol. The number of aliphatic imine (C=N–C) groups is 1. The van der Waals surface area contributed by atoms with Crippen LogP contribution < -0.4 is 10.6 Å². The third-order valence-electron chi connectivity index (χ3n) is 5.57. The molecule has 1 saturated carbocycles. The first-order valence-corrected chi connectivity index (χ1v) is 13.1. The van der Waals surface area contributed by atoms with Crippen molar-refractivity contribution in [2.75, 3.05) is 31.9 Å². The van der Waals surface area contributed by atoms with Crippen molar-refractivity contribution < 1.29 is 4.21 Å². The fourth-order valence-electron chi connectivity index (χ4n) is 4.00. The number of hydrogen-bond acceptors (Lipinski definition) is 4. The zero-order valence-electron chi connectivity index (χ0n) is 17.9. The van der Waals surface area contributed by atoms with Crippen LogP contribution in [0.3, 0.4) is 0 Å². The van der Waals surface area contributed by atoms with Crippen LogP contribution in [0.25, 0.3) is 0 Å². The number of nitrogens with one attached hydrogen (secondary N) is 2. The number of rotatable bonds is 10. The maximum Gasteiger partial charge on any atom is 0.191 e. The van der Waals surface area contributed by atoms with Crippen LogP contribution in [0.5, 0.6) is 0 Å². The van der Waals surface area contributed by atoms with Gasteiger partial charge in [0, 0.05) is 34.4 Å². The summed E-state index contributed by atoms with van der Waals surface area (Å²) in [6, 6.07) is 2.89. The Labute approximate surface area is 177 Å². The fourth-order valence-corrected chi connectivity index (χ4v) is 6.06. The molecular formula is C21H38N4OS2. The molecule has 1 fully saturated rings. The lowest BCUT2D eigenvalue weighted by Gasteiger charge is -2.31. The average Bonchev–Trinajstić information content (AvgIpc) is 3.25. The van der Waals surface area contributed by atoms with E-state index >= 15 is 0 Å². The molecule has 1 aliphatic carbocycles. The van der Waals surface area contributed by atoms with Crippen LogP contribution in [0.4, 0.5) is 0 Å². The molecule has 0 saturated heterocycles. The molecule has 0 aromatic carbocycles. The Hall–Kier alpha value is -0.920. The summed E-state index contributed by atoms with van der Waals surface area (Å²) in [6.45, 7) is 12.2. The van der Waals surface area contributed by atoms with Gasteiger partial charge in [-0.15, -0.1) is 0 Å². The van der Waals surface area contributed by atoms with E-state index in [9.17, 15) is 4.21 Å². The number of likely N-dealkylation sites (N-methyl/N-ethyl adjacent to an activating group) is 1. The first kappa shape index (κ1) is 23.4. The van der Waals surface area contributed by atoms with E-state index < -0.39 is 10.8 Å². The summed E-state index contributed by atoms with van der Waals surface area (Å²) in [5, 5.41) is 11.8. The van der Waals surface area contributed by atoms with Gasteiger partial charge in [0.2, 0.25) is 0 Å². The van der Waals surface area contributed by atoms with E-state index in [2.05, 4.69) is 53.1 Å². The lowest BCUT2D eigenvalue weighted by atomic mass is 9.95. The van der Waals surface area contributed by atoms with Crippen LogP contribution in [0.2, 0.25) is 0 Å². The molecule has 0 aliphatic heterocycles. The Morgan fingerprint density at radius 3 is 2.71 bits per heavy atom. The van der Waals surface area contributed by atoms with Gasteiger partial charge in [0.1, 0.15) is 0 Å². The number of hydrogen-bond donors (Lipinski definition) is 2. The first-order chi connectivity index (χ1) is 13.6. The van der Waals surface area contributed by atoms with Gasteiger partial charge in [-0.2, -0.15) is 11.3 Å².